The van der Waals surface area contributed by atoms with Crippen molar-refractivity contribution in [3.05, 3.63) is 77.9 Å². The van der Waals surface area contributed by atoms with E-state index in [4.69, 9.17) is 4.74 Å². The largest absolute Gasteiger partial charge is 0.508 e. The normalized spacial score (nSPS) is 11.7. The van der Waals surface area contributed by atoms with Crippen molar-refractivity contribution >= 4 is 27.5 Å². The van der Waals surface area contributed by atoms with E-state index < -0.39 is 0 Å². The Kier molecular flexibility index (Phi) is 5.28. The molecule has 4 heteroatoms. The molecule has 0 fully saturated rings. The third-order valence-corrected chi connectivity index (χ3v) is 6.01. The first-order chi connectivity index (χ1) is 14.0. The zero-order chi connectivity index (χ0) is 20.4. The average molecular weight is 403 g/mol. The fourth-order valence-electron chi connectivity index (χ4n) is 3.10. The van der Waals surface area contributed by atoms with Gasteiger partial charge in [-0.25, -0.2) is 0 Å². The zero-order valence-corrected chi connectivity index (χ0v) is 17.2. The molecule has 4 aromatic rings. The van der Waals surface area contributed by atoms with E-state index in [9.17, 15) is 10.2 Å². The van der Waals surface area contributed by atoms with Crippen LogP contribution in [0.1, 0.15) is 25.8 Å². The fourth-order valence-corrected chi connectivity index (χ4v) is 4.27. The van der Waals surface area contributed by atoms with E-state index in [-0.39, 0.29) is 11.5 Å². The maximum Gasteiger partial charge on any atom is 0.153 e. The number of hydrogen-bond acceptors (Lipinski definition) is 4. The van der Waals surface area contributed by atoms with Crippen molar-refractivity contribution in [3.8, 4) is 33.4 Å². The summed E-state index contributed by atoms with van der Waals surface area (Å²) in [6.07, 6.45) is 3.20. The molecule has 0 amide bonds. The number of allylic oxidation sites excluding steroid dienone is 1. The predicted octanol–water partition coefficient (Wildman–Crippen LogP) is 7.59. The molecule has 0 spiro atoms. The second kappa shape index (κ2) is 8.02. The smallest absolute Gasteiger partial charge is 0.153 e. The average Bonchev–Trinajstić information content (AvgIpc) is 3.07. The molecule has 3 aromatic carbocycles. The molecule has 1 aromatic heterocycles. The van der Waals surface area contributed by atoms with Crippen molar-refractivity contribution in [3.63, 3.8) is 0 Å². The monoisotopic (exact) mass is 402 g/mol. The van der Waals surface area contributed by atoms with Crippen LogP contribution in [-0.4, -0.2) is 10.2 Å². The van der Waals surface area contributed by atoms with Gasteiger partial charge in [0.1, 0.15) is 17.2 Å². The molecule has 0 unspecified atom stereocenters. The van der Waals surface area contributed by atoms with E-state index in [0.717, 1.165) is 44.0 Å². The summed E-state index contributed by atoms with van der Waals surface area (Å²) in [5.41, 5.74) is 3.43. The summed E-state index contributed by atoms with van der Waals surface area (Å²) in [5, 5.41) is 20.4. The van der Waals surface area contributed by atoms with Crippen molar-refractivity contribution in [2.75, 3.05) is 0 Å². The van der Waals surface area contributed by atoms with Crippen molar-refractivity contribution in [1.29, 1.82) is 0 Å². The quantitative estimate of drug-likeness (QED) is 0.361. The molecule has 0 saturated carbocycles. The van der Waals surface area contributed by atoms with Gasteiger partial charge in [0.15, 0.2) is 5.75 Å². The molecule has 0 atom stereocenters. The van der Waals surface area contributed by atoms with E-state index in [1.807, 2.05) is 30.3 Å². The number of rotatable bonds is 5. The lowest BCUT2D eigenvalue weighted by atomic mass is 10.1. The van der Waals surface area contributed by atoms with Gasteiger partial charge in [0.25, 0.3) is 0 Å². The maximum absolute atomic E-state index is 9.88. The molecule has 2 N–H and O–H groups in total. The maximum atomic E-state index is 9.88. The summed E-state index contributed by atoms with van der Waals surface area (Å²) >= 11 is 1.55. The Labute approximate surface area is 174 Å². The van der Waals surface area contributed by atoms with Gasteiger partial charge in [-0.2, -0.15) is 0 Å². The van der Waals surface area contributed by atoms with Gasteiger partial charge in [-0.15, -0.1) is 11.3 Å². The number of phenolic OH excluding ortho intramolecular Hbond substituents is 2. The Balaban J connectivity index is 1.76. The standard InChI is InChI=1S/C25H22O3S/c1-3-16(2)14-17-4-11-21(12-5-17)28-24-22-13-10-20(27)15-23(22)29-25(24)18-6-8-19(26)9-7-18/h4-15,26-27H,3H2,1-2H3/b16-14+. The third kappa shape index (κ3) is 4.13. The molecule has 146 valence electrons. The lowest BCUT2D eigenvalue weighted by molar-refractivity contribution is 0.475. The molecule has 4 rings (SSSR count). The first-order valence-corrected chi connectivity index (χ1v) is 10.3. The minimum atomic E-state index is 0.223. The first-order valence-electron chi connectivity index (χ1n) is 9.53. The summed E-state index contributed by atoms with van der Waals surface area (Å²) in [6, 6.07) is 20.4. The van der Waals surface area contributed by atoms with E-state index >= 15 is 0 Å². The van der Waals surface area contributed by atoms with Crippen LogP contribution in [0.3, 0.4) is 0 Å². The molecule has 3 nitrogen and oxygen atoms in total. The Morgan fingerprint density at radius 3 is 2.31 bits per heavy atom. The predicted molar refractivity (Wildman–Crippen MR) is 121 cm³/mol. The Hall–Kier alpha value is -3.24. The third-order valence-electron chi connectivity index (χ3n) is 4.83. The Bertz CT molecular complexity index is 1170. The number of phenols is 2. The van der Waals surface area contributed by atoms with Gasteiger partial charge < -0.3 is 14.9 Å². The highest BCUT2D eigenvalue weighted by molar-refractivity contribution is 7.22. The second-order valence-electron chi connectivity index (χ2n) is 7.00. The van der Waals surface area contributed by atoms with Crippen LogP contribution in [0.5, 0.6) is 23.0 Å². The molecule has 0 aliphatic carbocycles. The summed E-state index contributed by atoms with van der Waals surface area (Å²) in [5.74, 6) is 1.96. The highest BCUT2D eigenvalue weighted by Gasteiger charge is 2.17. The lowest BCUT2D eigenvalue weighted by Crippen LogP contribution is -1.86. The van der Waals surface area contributed by atoms with E-state index in [0.29, 0.717) is 0 Å². The minimum absolute atomic E-state index is 0.223. The van der Waals surface area contributed by atoms with E-state index in [1.54, 1.807) is 35.6 Å². The molecular weight excluding hydrogens is 380 g/mol. The highest BCUT2D eigenvalue weighted by Crippen LogP contribution is 2.47. The van der Waals surface area contributed by atoms with Crippen molar-refractivity contribution in [1.82, 2.24) is 0 Å². The Morgan fingerprint density at radius 2 is 1.62 bits per heavy atom. The number of ether oxygens (including phenoxy) is 1. The molecule has 1 heterocycles. The van der Waals surface area contributed by atoms with Gasteiger partial charge in [-0.3, -0.25) is 0 Å². The van der Waals surface area contributed by atoms with E-state index in [2.05, 4.69) is 32.1 Å². The van der Waals surface area contributed by atoms with Gasteiger partial charge in [-0.1, -0.05) is 30.7 Å². The van der Waals surface area contributed by atoms with Crippen LogP contribution < -0.4 is 4.74 Å². The summed E-state index contributed by atoms with van der Waals surface area (Å²) < 4.78 is 7.26. The summed E-state index contributed by atoms with van der Waals surface area (Å²) in [7, 11) is 0. The van der Waals surface area contributed by atoms with Crippen LogP contribution in [0.2, 0.25) is 0 Å². The molecule has 0 aliphatic rings. The minimum Gasteiger partial charge on any atom is -0.508 e. The van der Waals surface area contributed by atoms with Crippen molar-refractivity contribution < 1.29 is 14.9 Å². The van der Waals surface area contributed by atoms with Crippen LogP contribution in [0.4, 0.5) is 0 Å². The van der Waals surface area contributed by atoms with Crippen molar-refractivity contribution in [2.24, 2.45) is 0 Å². The molecule has 0 bridgehead atoms. The topological polar surface area (TPSA) is 49.7 Å². The molecule has 0 radical (unpaired) electrons. The second-order valence-corrected chi connectivity index (χ2v) is 8.06. The van der Waals surface area contributed by atoms with Crippen LogP contribution >= 0.6 is 11.3 Å². The van der Waals surface area contributed by atoms with Crippen LogP contribution in [0.15, 0.2) is 72.3 Å². The van der Waals surface area contributed by atoms with Gasteiger partial charge in [0.05, 0.1) is 4.88 Å². The Morgan fingerprint density at radius 1 is 0.931 bits per heavy atom. The molecule has 0 aliphatic heterocycles. The summed E-state index contributed by atoms with van der Waals surface area (Å²) in [6.45, 7) is 4.27. The van der Waals surface area contributed by atoms with Crippen molar-refractivity contribution in [2.45, 2.75) is 20.3 Å². The SMILES string of the molecule is CC/C(C)=C/c1ccc(Oc2c(-c3ccc(O)cc3)sc3cc(O)ccc23)cc1. The van der Waals surface area contributed by atoms with Gasteiger partial charge >= 0.3 is 0 Å². The lowest BCUT2D eigenvalue weighted by Gasteiger charge is -2.09. The zero-order valence-electron chi connectivity index (χ0n) is 16.3. The van der Waals surface area contributed by atoms with Gasteiger partial charge in [0, 0.05) is 10.1 Å². The highest BCUT2D eigenvalue weighted by atomic mass is 32.1. The number of benzene rings is 3. The molecular formula is C25H22O3S. The van der Waals surface area contributed by atoms with Crippen LogP contribution in [0, 0.1) is 0 Å². The number of thiophene rings is 1. The summed E-state index contributed by atoms with van der Waals surface area (Å²) in [4.78, 5) is 0.955. The number of fused-ring (bicyclic) bond motifs is 1. The van der Waals surface area contributed by atoms with Gasteiger partial charge in [0.2, 0.25) is 0 Å². The fraction of sp³-hybridized carbons (Fsp3) is 0.120. The van der Waals surface area contributed by atoms with Crippen LogP contribution in [-0.2, 0) is 0 Å². The number of hydrogen-bond donors (Lipinski definition) is 2. The number of aromatic hydroxyl groups is 2. The molecule has 29 heavy (non-hydrogen) atoms. The van der Waals surface area contributed by atoms with Gasteiger partial charge in [-0.05, 0) is 79.1 Å². The van der Waals surface area contributed by atoms with E-state index in [1.165, 1.54) is 5.57 Å². The first kappa shape index (κ1) is 19.1. The van der Waals surface area contributed by atoms with Crippen LogP contribution in [0.25, 0.3) is 26.6 Å². The molecule has 0 saturated heterocycles.